The van der Waals surface area contributed by atoms with Gasteiger partial charge in [-0.1, -0.05) is 12.1 Å². The number of hydrogen-bond donors (Lipinski definition) is 0. The maximum absolute atomic E-state index is 11.0. The van der Waals surface area contributed by atoms with E-state index in [4.69, 9.17) is 4.74 Å². The predicted molar refractivity (Wildman–Crippen MR) is 82.4 cm³/mol. The summed E-state index contributed by atoms with van der Waals surface area (Å²) in [4.78, 5) is 3.43. The minimum absolute atomic E-state index is 0. The Balaban J connectivity index is 0.00000289. The standard InChI is InChI=1S/C13H20N2O2.HI/c1-14-13(16)17-12-7-5-6-11(10-12)8-9-15(2,3)4;/h5-7,10H,8-9H2,1-4H3;1H. The molecule has 0 aliphatic carbocycles. The number of rotatable bonds is 4. The van der Waals surface area contributed by atoms with Crippen LogP contribution in [0, 0.1) is 0 Å². The number of nitrogens with zero attached hydrogens (tertiary/aromatic N) is 2. The fourth-order valence-corrected chi connectivity index (χ4v) is 1.38. The van der Waals surface area contributed by atoms with Crippen molar-refractivity contribution >= 4 is 30.1 Å². The van der Waals surface area contributed by atoms with Crippen molar-refractivity contribution in [3.8, 4) is 5.75 Å². The molecule has 0 spiro atoms. The smallest absolute Gasteiger partial charge is 0.149 e. The zero-order valence-corrected chi connectivity index (χ0v) is 13.7. The minimum Gasteiger partial charge on any atom is -0.567 e. The second-order valence-corrected chi connectivity index (χ2v) is 5.00. The van der Waals surface area contributed by atoms with Gasteiger partial charge in [-0.05, 0) is 17.7 Å². The van der Waals surface area contributed by atoms with E-state index in [1.165, 1.54) is 12.6 Å². The molecular formula is C13H21IN2O2. The van der Waals surface area contributed by atoms with Crippen LogP contribution >= 0.6 is 24.0 Å². The molecule has 0 bridgehead atoms. The van der Waals surface area contributed by atoms with Crippen LogP contribution in [-0.4, -0.2) is 45.3 Å². The van der Waals surface area contributed by atoms with Gasteiger partial charge in [0.15, 0.2) is 0 Å². The molecule has 1 aromatic carbocycles. The van der Waals surface area contributed by atoms with Gasteiger partial charge in [0.25, 0.3) is 0 Å². The monoisotopic (exact) mass is 364 g/mol. The SMILES string of the molecule is CN=C([O-])Oc1cccc(CC[N+](C)(C)C)c1.I. The highest BCUT2D eigenvalue weighted by Crippen LogP contribution is 2.14. The third-order valence-corrected chi connectivity index (χ3v) is 2.36. The van der Waals surface area contributed by atoms with Gasteiger partial charge >= 0.3 is 0 Å². The normalized spacial score (nSPS) is 11.9. The molecule has 0 aromatic heterocycles. The van der Waals surface area contributed by atoms with Crippen molar-refractivity contribution in [1.82, 2.24) is 0 Å². The Bertz CT molecular complexity index is 400. The zero-order chi connectivity index (χ0) is 12.9. The fourth-order valence-electron chi connectivity index (χ4n) is 1.38. The molecule has 0 saturated carbocycles. The molecule has 1 rings (SSSR count). The van der Waals surface area contributed by atoms with E-state index in [0.29, 0.717) is 5.75 Å². The first-order valence-corrected chi connectivity index (χ1v) is 5.62. The largest absolute Gasteiger partial charge is 0.567 e. The summed E-state index contributed by atoms with van der Waals surface area (Å²) in [7, 11) is 7.88. The van der Waals surface area contributed by atoms with E-state index in [9.17, 15) is 5.11 Å². The van der Waals surface area contributed by atoms with Crippen LogP contribution in [0.4, 0.5) is 0 Å². The molecule has 0 atom stereocenters. The number of ether oxygens (including phenoxy) is 1. The summed E-state index contributed by atoms with van der Waals surface area (Å²) in [6.07, 6.45) is 0.395. The molecular weight excluding hydrogens is 343 g/mol. The molecule has 0 radical (unpaired) electrons. The first kappa shape index (κ1) is 17.2. The lowest BCUT2D eigenvalue weighted by molar-refractivity contribution is -0.870. The van der Waals surface area contributed by atoms with Crippen LogP contribution < -0.4 is 9.84 Å². The average molecular weight is 364 g/mol. The summed E-state index contributed by atoms with van der Waals surface area (Å²) < 4.78 is 5.94. The Hall–Kier alpha value is -0.820. The van der Waals surface area contributed by atoms with Gasteiger partial charge < -0.3 is 14.3 Å². The van der Waals surface area contributed by atoms with Crippen molar-refractivity contribution in [1.29, 1.82) is 0 Å². The Labute approximate surface area is 126 Å². The molecule has 0 aliphatic heterocycles. The Morgan fingerprint density at radius 3 is 2.56 bits per heavy atom. The van der Waals surface area contributed by atoms with Crippen molar-refractivity contribution in [2.75, 3.05) is 34.7 Å². The van der Waals surface area contributed by atoms with Crippen LogP contribution in [-0.2, 0) is 6.42 Å². The van der Waals surface area contributed by atoms with E-state index in [1.807, 2.05) is 18.2 Å². The molecule has 1 aromatic rings. The summed E-state index contributed by atoms with van der Waals surface area (Å²) in [5.74, 6) is 0.555. The third-order valence-electron chi connectivity index (χ3n) is 2.36. The van der Waals surface area contributed by atoms with Crippen molar-refractivity contribution < 1.29 is 14.3 Å². The van der Waals surface area contributed by atoms with Gasteiger partial charge in [0, 0.05) is 19.2 Å². The minimum atomic E-state index is -0.561. The maximum Gasteiger partial charge on any atom is 0.149 e. The highest BCUT2D eigenvalue weighted by Gasteiger charge is 2.06. The number of benzene rings is 1. The third kappa shape index (κ3) is 6.80. The van der Waals surface area contributed by atoms with Crippen molar-refractivity contribution in [2.45, 2.75) is 6.42 Å². The maximum atomic E-state index is 11.0. The van der Waals surface area contributed by atoms with Gasteiger partial charge in [0.05, 0.1) is 27.7 Å². The lowest BCUT2D eigenvalue weighted by Crippen LogP contribution is -2.36. The number of likely N-dealkylation sites (N-methyl/N-ethyl adjacent to an activating group) is 1. The Morgan fingerprint density at radius 1 is 1.33 bits per heavy atom. The fraction of sp³-hybridized carbons (Fsp3) is 0.462. The molecule has 0 saturated heterocycles. The van der Waals surface area contributed by atoms with Crippen LogP contribution in [0.25, 0.3) is 0 Å². The second-order valence-electron chi connectivity index (χ2n) is 5.00. The number of hydrogen-bond acceptors (Lipinski definition) is 3. The van der Waals surface area contributed by atoms with Crippen LogP contribution in [0.5, 0.6) is 5.75 Å². The Morgan fingerprint density at radius 2 is 2.00 bits per heavy atom. The van der Waals surface area contributed by atoms with E-state index in [0.717, 1.165) is 17.4 Å². The van der Waals surface area contributed by atoms with E-state index in [1.54, 1.807) is 6.07 Å². The van der Waals surface area contributed by atoms with Crippen LogP contribution in [0.1, 0.15) is 5.56 Å². The second kappa shape index (κ2) is 7.58. The first-order valence-electron chi connectivity index (χ1n) is 5.62. The van der Waals surface area contributed by atoms with E-state index >= 15 is 0 Å². The molecule has 0 fully saturated rings. The molecule has 0 N–H and O–H groups in total. The summed E-state index contributed by atoms with van der Waals surface area (Å²) in [5.41, 5.74) is 1.17. The topological polar surface area (TPSA) is 44.7 Å². The zero-order valence-electron chi connectivity index (χ0n) is 11.3. The highest BCUT2D eigenvalue weighted by atomic mass is 127. The summed E-state index contributed by atoms with van der Waals surface area (Å²) >= 11 is 0. The van der Waals surface area contributed by atoms with Gasteiger partial charge in [-0.25, -0.2) is 0 Å². The molecule has 4 nitrogen and oxygen atoms in total. The van der Waals surface area contributed by atoms with Crippen LogP contribution in [0.3, 0.4) is 0 Å². The molecule has 0 unspecified atom stereocenters. The van der Waals surface area contributed by atoms with E-state index in [-0.39, 0.29) is 24.0 Å². The molecule has 102 valence electrons. The molecule has 18 heavy (non-hydrogen) atoms. The Kier molecular flexibility index (Phi) is 7.23. The first-order chi connectivity index (χ1) is 7.90. The van der Waals surface area contributed by atoms with Crippen molar-refractivity contribution in [2.24, 2.45) is 4.99 Å². The number of quaternary nitrogens is 1. The van der Waals surface area contributed by atoms with Gasteiger partial charge in [0.1, 0.15) is 6.08 Å². The quantitative estimate of drug-likeness (QED) is 0.350. The number of halogens is 1. The molecule has 0 heterocycles. The predicted octanol–water partition coefficient (Wildman–Crippen LogP) is 1.28. The summed E-state index contributed by atoms with van der Waals surface area (Å²) in [6, 6.07) is 7.58. The molecule has 5 heteroatoms. The van der Waals surface area contributed by atoms with Crippen molar-refractivity contribution in [3.05, 3.63) is 29.8 Å². The van der Waals surface area contributed by atoms with E-state index in [2.05, 4.69) is 26.1 Å². The van der Waals surface area contributed by atoms with Gasteiger partial charge in [0.2, 0.25) is 0 Å². The lowest BCUT2D eigenvalue weighted by Gasteiger charge is -2.24. The highest BCUT2D eigenvalue weighted by molar-refractivity contribution is 14.0. The van der Waals surface area contributed by atoms with Gasteiger partial charge in [-0.3, -0.25) is 4.99 Å². The van der Waals surface area contributed by atoms with E-state index < -0.39 is 6.08 Å². The summed E-state index contributed by atoms with van der Waals surface area (Å²) in [5, 5.41) is 11.0. The van der Waals surface area contributed by atoms with Gasteiger partial charge in [-0.2, -0.15) is 0 Å². The van der Waals surface area contributed by atoms with Crippen LogP contribution in [0.2, 0.25) is 0 Å². The summed E-state index contributed by atoms with van der Waals surface area (Å²) in [6.45, 7) is 1.04. The molecule has 0 aliphatic rings. The average Bonchev–Trinajstić information content (AvgIpc) is 2.26. The molecule has 0 amide bonds. The van der Waals surface area contributed by atoms with Gasteiger partial charge in [-0.15, -0.1) is 24.0 Å². The number of aliphatic imine (C=N–C) groups is 1. The van der Waals surface area contributed by atoms with Crippen LogP contribution in [0.15, 0.2) is 29.3 Å². The lowest BCUT2D eigenvalue weighted by atomic mass is 10.1. The van der Waals surface area contributed by atoms with Crippen molar-refractivity contribution in [3.63, 3.8) is 0 Å².